The van der Waals surface area contributed by atoms with Gasteiger partial charge in [-0.2, -0.15) is 0 Å². The van der Waals surface area contributed by atoms with Crippen LogP contribution in [0, 0.1) is 0 Å². The third kappa shape index (κ3) is 4.79. The van der Waals surface area contributed by atoms with Gasteiger partial charge in [0, 0.05) is 18.0 Å². The molecule has 0 amide bonds. The Labute approximate surface area is 135 Å². The maximum Gasteiger partial charge on any atom is 0.248 e. The van der Waals surface area contributed by atoms with Gasteiger partial charge in [0.25, 0.3) is 0 Å². The summed E-state index contributed by atoms with van der Waals surface area (Å²) in [6.07, 6.45) is 1.46. The van der Waals surface area contributed by atoms with E-state index >= 15 is 0 Å². The number of nitrogens with zero attached hydrogens (tertiary/aromatic N) is 1. The molecule has 0 aliphatic rings. The van der Waals surface area contributed by atoms with E-state index in [0.29, 0.717) is 23.0 Å². The molecule has 2 aromatic rings. The smallest absolute Gasteiger partial charge is 0.248 e. The summed E-state index contributed by atoms with van der Waals surface area (Å²) in [6.45, 7) is 2.33. The van der Waals surface area contributed by atoms with Gasteiger partial charge in [-0.15, -0.1) is 0 Å². The fourth-order valence-corrected chi connectivity index (χ4v) is 2.58. The zero-order chi connectivity index (χ0) is 16.8. The first kappa shape index (κ1) is 17.5. The van der Waals surface area contributed by atoms with Crippen LogP contribution in [-0.4, -0.2) is 53.8 Å². The summed E-state index contributed by atoms with van der Waals surface area (Å²) in [5.41, 5.74) is 0.772. The molecule has 0 spiro atoms. The summed E-state index contributed by atoms with van der Waals surface area (Å²) in [4.78, 5) is 16.1. The highest BCUT2D eigenvalue weighted by molar-refractivity contribution is 5.87. The Hall–Kier alpha value is -1.89. The molecule has 0 saturated carbocycles. The molecule has 2 rings (SSSR count). The first-order valence-corrected chi connectivity index (χ1v) is 7.87. The lowest BCUT2D eigenvalue weighted by atomic mass is 10.0. The molecule has 0 fully saturated rings. The fourth-order valence-electron chi connectivity index (χ4n) is 2.58. The van der Waals surface area contributed by atoms with Crippen molar-refractivity contribution in [3.8, 4) is 5.75 Å². The van der Waals surface area contributed by atoms with Crippen molar-refractivity contribution < 1.29 is 10.2 Å². The molecule has 1 heterocycles. The van der Waals surface area contributed by atoms with Crippen molar-refractivity contribution >= 4 is 10.9 Å². The summed E-state index contributed by atoms with van der Waals surface area (Å²) in [5.74, 6) is 0.00490. The van der Waals surface area contributed by atoms with Crippen LogP contribution in [0.2, 0.25) is 0 Å². The number of hydrogen-bond donors (Lipinski definition) is 4. The lowest BCUT2D eigenvalue weighted by molar-refractivity contribution is 0.176. The predicted molar refractivity (Wildman–Crippen MR) is 91.9 cm³/mol. The SMILES string of the molecule is CN(C)CCCCNCC(O)c1ccc(O)c2[nH]c(=O)ccc12. The summed E-state index contributed by atoms with van der Waals surface area (Å²) in [7, 11) is 4.11. The van der Waals surface area contributed by atoms with Gasteiger partial charge in [-0.25, -0.2) is 0 Å². The number of unbranched alkanes of at least 4 members (excludes halogenated alkanes) is 1. The number of H-pyrrole nitrogens is 1. The molecule has 0 aliphatic carbocycles. The second-order valence-electron chi connectivity index (χ2n) is 6.02. The minimum atomic E-state index is -0.696. The highest BCUT2D eigenvalue weighted by Gasteiger charge is 2.13. The van der Waals surface area contributed by atoms with Gasteiger partial charge in [-0.3, -0.25) is 4.79 Å². The number of fused-ring (bicyclic) bond motifs is 1. The van der Waals surface area contributed by atoms with Gasteiger partial charge >= 0.3 is 0 Å². The number of phenols is 1. The average Bonchev–Trinajstić information content (AvgIpc) is 2.51. The Balaban J connectivity index is 1.97. The molecule has 6 nitrogen and oxygen atoms in total. The third-order valence-corrected chi connectivity index (χ3v) is 3.81. The van der Waals surface area contributed by atoms with Crippen LogP contribution in [0.1, 0.15) is 24.5 Å². The Morgan fingerprint density at radius 2 is 2.00 bits per heavy atom. The van der Waals surface area contributed by atoms with Gasteiger partial charge in [-0.1, -0.05) is 6.07 Å². The van der Waals surface area contributed by atoms with Crippen molar-refractivity contribution in [2.45, 2.75) is 18.9 Å². The molecule has 0 saturated heterocycles. The number of rotatable bonds is 8. The maximum atomic E-state index is 11.4. The van der Waals surface area contributed by atoms with Gasteiger partial charge in [0.1, 0.15) is 5.75 Å². The van der Waals surface area contributed by atoms with E-state index in [1.165, 1.54) is 12.1 Å². The summed E-state index contributed by atoms with van der Waals surface area (Å²) in [6, 6.07) is 6.21. The lowest BCUT2D eigenvalue weighted by Crippen LogP contribution is -2.23. The standard InChI is InChI=1S/C17H25N3O3/c1-20(2)10-4-3-9-18-11-15(22)12-5-7-14(21)17-13(12)6-8-16(23)19-17/h5-8,15,18,21-22H,3-4,9-11H2,1-2H3,(H,19,23). The summed E-state index contributed by atoms with van der Waals surface area (Å²) in [5, 5.41) is 24.1. The van der Waals surface area contributed by atoms with Crippen molar-refractivity contribution in [3.05, 3.63) is 40.2 Å². The van der Waals surface area contributed by atoms with Crippen molar-refractivity contribution in [2.24, 2.45) is 0 Å². The molecule has 126 valence electrons. The maximum absolute atomic E-state index is 11.4. The number of aromatic hydroxyl groups is 1. The van der Waals surface area contributed by atoms with Gasteiger partial charge in [0.05, 0.1) is 11.6 Å². The topological polar surface area (TPSA) is 88.6 Å². The molecule has 0 aliphatic heterocycles. The van der Waals surface area contributed by atoms with E-state index in [1.807, 2.05) is 0 Å². The number of benzene rings is 1. The first-order chi connectivity index (χ1) is 11.0. The Morgan fingerprint density at radius 3 is 2.74 bits per heavy atom. The predicted octanol–water partition coefficient (Wildman–Crippen LogP) is 1.20. The molecular weight excluding hydrogens is 294 g/mol. The monoisotopic (exact) mass is 319 g/mol. The highest BCUT2D eigenvalue weighted by Crippen LogP contribution is 2.28. The molecule has 1 aromatic carbocycles. The Morgan fingerprint density at radius 1 is 1.22 bits per heavy atom. The minimum absolute atomic E-state index is 0.00490. The quantitative estimate of drug-likeness (QED) is 0.549. The number of pyridine rings is 1. The van der Waals surface area contributed by atoms with Crippen LogP contribution in [-0.2, 0) is 0 Å². The number of aliphatic hydroxyl groups excluding tert-OH is 1. The largest absolute Gasteiger partial charge is 0.506 e. The van der Waals surface area contributed by atoms with Crippen molar-refractivity contribution in [2.75, 3.05) is 33.7 Å². The van der Waals surface area contributed by atoms with Crippen LogP contribution >= 0.6 is 0 Å². The molecular formula is C17H25N3O3. The van der Waals surface area contributed by atoms with Crippen LogP contribution in [0.25, 0.3) is 10.9 Å². The van der Waals surface area contributed by atoms with E-state index in [2.05, 4.69) is 29.3 Å². The van der Waals surface area contributed by atoms with Crippen molar-refractivity contribution in [3.63, 3.8) is 0 Å². The fraction of sp³-hybridized carbons (Fsp3) is 0.471. The van der Waals surface area contributed by atoms with Crippen LogP contribution in [0.3, 0.4) is 0 Å². The zero-order valence-electron chi connectivity index (χ0n) is 13.7. The normalized spacial score (nSPS) is 12.9. The van der Waals surface area contributed by atoms with Gasteiger partial charge in [-0.05, 0) is 57.7 Å². The van der Waals surface area contributed by atoms with Crippen LogP contribution in [0.4, 0.5) is 0 Å². The second kappa shape index (κ2) is 8.10. The molecule has 4 N–H and O–H groups in total. The van der Waals surface area contributed by atoms with Gasteiger partial charge in [0.2, 0.25) is 5.56 Å². The van der Waals surface area contributed by atoms with Crippen molar-refractivity contribution in [1.82, 2.24) is 15.2 Å². The van der Waals surface area contributed by atoms with Crippen LogP contribution < -0.4 is 10.9 Å². The number of hydrogen-bond acceptors (Lipinski definition) is 5. The molecule has 6 heteroatoms. The van der Waals surface area contributed by atoms with Crippen LogP contribution in [0.15, 0.2) is 29.1 Å². The molecule has 1 aromatic heterocycles. The minimum Gasteiger partial charge on any atom is -0.506 e. The molecule has 1 atom stereocenters. The summed E-state index contributed by atoms with van der Waals surface area (Å²) < 4.78 is 0. The number of aromatic nitrogens is 1. The zero-order valence-corrected chi connectivity index (χ0v) is 13.7. The number of aliphatic hydroxyl groups is 1. The lowest BCUT2D eigenvalue weighted by Gasteiger charge is -2.15. The first-order valence-electron chi connectivity index (χ1n) is 7.87. The average molecular weight is 319 g/mol. The molecule has 1 unspecified atom stereocenters. The van der Waals surface area contributed by atoms with Crippen LogP contribution in [0.5, 0.6) is 5.75 Å². The van der Waals surface area contributed by atoms with E-state index in [9.17, 15) is 15.0 Å². The van der Waals surface area contributed by atoms with Gasteiger partial charge < -0.3 is 25.4 Å². The molecule has 0 bridgehead atoms. The van der Waals surface area contributed by atoms with Gasteiger partial charge in [0.15, 0.2) is 0 Å². The Kier molecular flexibility index (Phi) is 6.15. The van der Waals surface area contributed by atoms with E-state index < -0.39 is 6.10 Å². The number of nitrogens with one attached hydrogen (secondary N) is 2. The third-order valence-electron chi connectivity index (χ3n) is 3.81. The van der Waals surface area contributed by atoms with E-state index in [0.717, 1.165) is 25.9 Å². The van der Waals surface area contributed by atoms with Crippen molar-refractivity contribution in [1.29, 1.82) is 0 Å². The van der Waals surface area contributed by atoms with E-state index in [4.69, 9.17) is 0 Å². The molecule has 0 radical (unpaired) electrons. The van der Waals surface area contributed by atoms with E-state index in [1.54, 1.807) is 12.1 Å². The highest BCUT2D eigenvalue weighted by atomic mass is 16.3. The number of aromatic amines is 1. The summed E-state index contributed by atoms with van der Waals surface area (Å²) >= 11 is 0. The number of phenolic OH excluding ortho intramolecular Hbond substituents is 1. The molecule has 23 heavy (non-hydrogen) atoms. The van der Waals surface area contributed by atoms with E-state index in [-0.39, 0.29) is 11.3 Å². The second-order valence-corrected chi connectivity index (χ2v) is 6.02. The Bertz CT molecular complexity index is 697.